The van der Waals surface area contributed by atoms with Crippen LogP contribution in [0.5, 0.6) is 0 Å². The van der Waals surface area contributed by atoms with E-state index in [-0.39, 0.29) is 11.9 Å². The second-order valence-electron chi connectivity index (χ2n) is 3.01. The van der Waals surface area contributed by atoms with Crippen LogP contribution in [-0.2, 0) is 9.59 Å². The summed E-state index contributed by atoms with van der Waals surface area (Å²) < 4.78 is 31.7. The van der Waals surface area contributed by atoms with Crippen LogP contribution >= 0.6 is 0 Å². The monoisotopic (exact) mass is 240 g/mol. The summed E-state index contributed by atoms with van der Waals surface area (Å²) in [6, 6.07) is 0.189. The van der Waals surface area contributed by atoms with Crippen molar-refractivity contribution in [3.63, 3.8) is 0 Å². The first-order valence-electron chi connectivity index (χ1n) is 4.15. The van der Waals surface area contributed by atoms with Crippen molar-refractivity contribution >= 4 is 11.9 Å². The van der Waals surface area contributed by atoms with Gasteiger partial charge in [-0.2, -0.15) is 13.2 Å². The Labute approximate surface area is 89.3 Å². The van der Waals surface area contributed by atoms with Gasteiger partial charge in [-0.15, -0.1) is 0 Å². The van der Waals surface area contributed by atoms with Crippen molar-refractivity contribution in [3.05, 3.63) is 12.7 Å². The van der Waals surface area contributed by atoms with Crippen molar-refractivity contribution in [2.24, 2.45) is 5.73 Å². The normalized spacial score (nSPS) is 15.6. The number of alkyl halides is 3. The van der Waals surface area contributed by atoms with E-state index < -0.39 is 12.1 Å². The fraction of sp³-hybridized carbons (Fsp3) is 0.500. The molecule has 3 N–H and O–H groups in total. The third-order valence-electron chi connectivity index (χ3n) is 1.64. The van der Waals surface area contributed by atoms with Crippen molar-refractivity contribution in [3.8, 4) is 0 Å². The molecule has 0 aliphatic carbocycles. The van der Waals surface area contributed by atoms with Crippen LogP contribution in [0.2, 0.25) is 0 Å². The van der Waals surface area contributed by atoms with E-state index in [1.54, 1.807) is 4.90 Å². The number of hydrogen-bond donors (Lipinski definition) is 2. The van der Waals surface area contributed by atoms with Crippen molar-refractivity contribution in [2.45, 2.75) is 12.2 Å². The summed E-state index contributed by atoms with van der Waals surface area (Å²) >= 11 is 0. The molecule has 0 bridgehead atoms. The van der Waals surface area contributed by atoms with Gasteiger partial charge in [-0.05, 0) is 6.08 Å². The molecule has 0 aromatic carbocycles. The summed E-state index contributed by atoms with van der Waals surface area (Å²) in [5, 5.41) is 7.12. The topological polar surface area (TPSA) is 83.6 Å². The van der Waals surface area contributed by atoms with Crippen LogP contribution < -0.4 is 5.73 Å². The number of nitrogens with two attached hydrogens (primary N) is 1. The predicted octanol–water partition coefficient (Wildman–Crippen LogP) is -0.0248. The van der Waals surface area contributed by atoms with Crippen LogP contribution in [0.3, 0.4) is 0 Å². The highest BCUT2D eigenvalue weighted by Crippen LogP contribution is 2.13. The van der Waals surface area contributed by atoms with Crippen LogP contribution in [0.4, 0.5) is 13.2 Å². The second-order valence-corrected chi connectivity index (χ2v) is 3.01. The van der Waals surface area contributed by atoms with Crippen molar-refractivity contribution < 1.29 is 27.9 Å². The van der Waals surface area contributed by atoms with Crippen LogP contribution in [0.1, 0.15) is 0 Å². The number of carbonyl (C=O) groups is 2. The highest BCUT2D eigenvalue weighted by molar-refractivity contribution is 5.87. The zero-order chi connectivity index (χ0) is 12.9. The highest BCUT2D eigenvalue weighted by atomic mass is 19.4. The summed E-state index contributed by atoms with van der Waals surface area (Å²) in [5.41, 5.74) is 5.43. The zero-order valence-electron chi connectivity index (χ0n) is 8.20. The average Bonchev–Trinajstić information content (AvgIpc) is 2.11. The summed E-state index contributed by atoms with van der Waals surface area (Å²) in [6.45, 7) is 4.73. The maximum atomic E-state index is 10.7. The number of likely N-dealkylation sites (tertiary alicyclic amines) is 1. The number of halogens is 3. The molecule has 1 heterocycles. The van der Waals surface area contributed by atoms with Crippen LogP contribution in [-0.4, -0.2) is 47.2 Å². The fourth-order valence-electron chi connectivity index (χ4n) is 0.822. The lowest BCUT2D eigenvalue weighted by molar-refractivity contribution is -0.192. The van der Waals surface area contributed by atoms with Gasteiger partial charge < -0.3 is 15.7 Å². The van der Waals surface area contributed by atoms with E-state index in [2.05, 4.69) is 6.58 Å². The van der Waals surface area contributed by atoms with Gasteiger partial charge in [0.2, 0.25) is 5.91 Å². The number of carboxylic acids is 1. The Morgan fingerprint density at radius 1 is 1.44 bits per heavy atom. The minimum absolute atomic E-state index is 0.0169. The van der Waals surface area contributed by atoms with E-state index in [1.807, 2.05) is 0 Å². The largest absolute Gasteiger partial charge is 0.490 e. The number of carbonyl (C=O) groups excluding carboxylic acids is 1. The summed E-state index contributed by atoms with van der Waals surface area (Å²) in [5.74, 6) is -2.77. The zero-order valence-corrected chi connectivity index (χ0v) is 8.20. The van der Waals surface area contributed by atoms with Gasteiger partial charge in [0, 0.05) is 19.1 Å². The summed E-state index contributed by atoms with van der Waals surface area (Å²) in [7, 11) is 0. The molecule has 16 heavy (non-hydrogen) atoms. The maximum absolute atomic E-state index is 10.7. The number of aliphatic carboxylic acids is 1. The Morgan fingerprint density at radius 3 is 2.00 bits per heavy atom. The Kier molecular flexibility index (Phi) is 4.96. The Bertz CT molecular complexity index is 285. The van der Waals surface area contributed by atoms with E-state index in [0.29, 0.717) is 13.1 Å². The summed E-state index contributed by atoms with van der Waals surface area (Å²) in [6.07, 6.45) is -3.77. The lowest BCUT2D eigenvalue weighted by Gasteiger charge is -2.35. The minimum Gasteiger partial charge on any atom is -0.475 e. The lowest BCUT2D eigenvalue weighted by atomic mass is 10.1. The number of nitrogens with zero attached hydrogens (tertiary/aromatic N) is 1. The molecule has 0 unspecified atom stereocenters. The number of carboxylic acid groups (broad SMARTS) is 1. The van der Waals surface area contributed by atoms with Gasteiger partial charge in [-0.1, -0.05) is 6.58 Å². The number of rotatable bonds is 1. The number of hydrogen-bond acceptors (Lipinski definition) is 3. The Balaban J connectivity index is 0.000000293. The van der Waals surface area contributed by atoms with Crippen molar-refractivity contribution in [1.82, 2.24) is 4.90 Å². The second kappa shape index (κ2) is 5.50. The highest BCUT2D eigenvalue weighted by Gasteiger charge is 2.38. The van der Waals surface area contributed by atoms with E-state index in [9.17, 15) is 18.0 Å². The Hall–Kier alpha value is -1.57. The van der Waals surface area contributed by atoms with Gasteiger partial charge in [0.15, 0.2) is 0 Å². The molecule has 1 saturated heterocycles. The molecular formula is C8H11F3N2O3. The fourth-order valence-corrected chi connectivity index (χ4v) is 0.822. The van der Waals surface area contributed by atoms with Crippen molar-refractivity contribution in [1.29, 1.82) is 0 Å². The van der Waals surface area contributed by atoms with Gasteiger partial charge >= 0.3 is 12.1 Å². The maximum Gasteiger partial charge on any atom is 0.490 e. The molecule has 0 aromatic rings. The van der Waals surface area contributed by atoms with Gasteiger partial charge in [0.1, 0.15) is 0 Å². The van der Waals surface area contributed by atoms with Crippen LogP contribution in [0.25, 0.3) is 0 Å². The molecule has 92 valence electrons. The number of amides is 1. The standard InChI is InChI=1S/C6H10N2O.C2HF3O2/c1-2-6(9)8-3-5(7)4-8;3-2(4,5)1(6)7/h2,5H,1,3-4,7H2;(H,6,7). The molecule has 1 amide bonds. The molecule has 0 aromatic heterocycles. The van der Waals surface area contributed by atoms with Crippen LogP contribution in [0, 0.1) is 0 Å². The van der Waals surface area contributed by atoms with Crippen molar-refractivity contribution in [2.75, 3.05) is 13.1 Å². The predicted molar refractivity (Wildman–Crippen MR) is 48.4 cm³/mol. The van der Waals surface area contributed by atoms with E-state index in [1.165, 1.54) is 6.08 Å². The molecular weight excluding hydrogens is 229 g/mol. The first-order chi connectivity index (χ1) is 7.18. The molecule has 1 aliphatic heterocycles. The van der Waals surface area contributed by atoms with Gasteiger partial charge in [0.25, 0.3) is 0 Å². The van der Waals surface area contributed by atoms with E-state index in [4.69, 9.17) is 15.6 Å². The van der Waals surface area contributed by atoms with Crippen LogP contribution in [0.15, 0.2) is 12.7 Å². The van der Waals surface area contributed by atoms with Gasteiger partial charge in [0.05, 0.1) is 0 Å². The molecule has 8 heteroatoms. The molecule has 5 nitrogen and oxygen atoms in total. The van der Waals surface area contributed by atoms with E-state index >= 15 is 0 Å². The quantitative estimate of drug-likeness (QED) is 0.631. The van der Waals surface area contributed by atoms with E-state index in [0.717, 1.165) is 0 Å². The molecule has 0 atom stereocenters. The lowest BCUT2D eigenvalue weighted by Crippen LogP contribution is -2.57. The molecule has 0 saturated carbocycles. The smallest absolute Gasteiger partial charge is 0.475 e. The average molecular weight is 240 g/mol. The minimum atomic E-state index is -5.08. The molecule has 0 radical (unpaired) electrons. The molecule has 1 aliphatic rings. The third kappa shape index (κ3) is 4.78. The van der Waals surface area contributed by atoms with Gasteiger partial charge in [-0.3, -0.25) is 4.79 Å². The summed E-state index contributed by atoms with van der Waals surface area (Å²) in [4.78, 5) is 21.3. The molecule has 1 rings (SSSR count). The SMILES string of the molecule is C=CC(=O)N1CC(N)C1.O=C(O)C(F)(F)F. The molecule has 0 spiro atoms. The molecule has 1 fully saturated rings. The van der Waals surface area contributed by atoms with Gasteiger partial charge in [-0.25, -0.2) is 4.79 Å². The Morgan fingerprint density at radius 2 is 1.81 bits per heavy atom. The first-order valence-corrected chi connectivity index (χ1v) is 4.15. The first kappa shape index (κ1) is 14.4. The third-order valence-corrected chi connectivity index (χ3v) is 1.64.